The van der Waals surface area contributed by atoms with Gasteiger partial charge in [-0.1, -0.05) is 30.3 Å². The predicted molar refractivity (Wildman–Crippen MR) is 93.5 cm³/mol. The molecule has 0 fully saturated rings. The van der Waals surface area contributed by atoms with Gasteiger partial charge in [0.2, 0.25) is 5.95 Å². The molecule has 124 valence electrons. The molecule has 1 aromatic carbocycles. The number of aromatic nitrogens is 4. The van der Waals surface area contributed by atoms with Crippen LogP contribution in [-0.2, 0) is 21.1 Å². The predicted octanol–water partition coefficient (Wildman–Crippen LogP) is 0.807. The average Bonchev–Trinajstić information content (AvgIpc) is 2.93. The monoisotopic (exact) mass is 326 g/mol. The second-order valence-corrected chi connectivity index (χ2v) is 5.55. The molecule has 8 heteroatoms. The Morgan fingerprint density at radius 3 is 2.38 bits per heavy atom. The topological polar surface area (TPSA) is 86.2 Å². The summed E-state index contributed by atoms with van der Waals surface area (Å²) in [5.41, 5.74) is 4.49. The maximum absolute atomic E-state index is 12.3. The van der Waals surface area contributed by atoms with Crippen molar-refractivity contribution in [2.24, 2.45) is 26.2 Å². The van der Waals surface area contributed by atoms with Crippen molar-refractivity contribution >= 4 is 22.8 Å². The second kappa shape index (κ2) is 5.80. The highest BCUT2D eigenvalue weighted by molar-refractivity contribution is 5.99. The Kier molecular flexibility index (Phi) is 3.80. The fourth-order valence-corrected chi connectivity index (χ4v) is 2.50. The zero-order chi connectivity index (χ0) is 17.4. The summed E-state index contributed by atoms with van der Waals surface area (Å²) in [7, 11) is 4.73. The standard InChI is InChI=1S/C16H18N6O2/c1-10(11-8-6-5-7-9-11)18-19-15-17-13-12(20(15)2)14(23)22(4)16(24)21(13)3/h5-9H,1-4H3,(H,17,19)/b18-10-. The van der Waals surface area contributed by atoms with Crippen molar-refractivity contribution in [3.05, 3.63) is 56.7 Å². The van der Waals surface area contributed by atoms with Gasteiger partial charge in [0.15, 0.2) is 11.2 Å². The van der Waals surface area contributed by atoms with Gasteiger partial charge in [0, 0.05) is 21.1 Å². The summed E-state index contributed by atoms with van der Waals surface area (Å²) in [4.78, 5) is 28.7. The second-order valence-electron chi connectivity index (χ2n) is 5.55. The number of hydrogen-bond acceptors (Lipinski definition) is 5. The first kappa shape index (κ1) is 15.7. The molecule has 3 rings (SSSR count). The maximum atomic E-state index is 12.3. The summed E-state index contributed by atoms with van der Waals surface area (Å²) in [5, 5.41) is 4.31. The van der Waals surface area contributed by atoms with Crippen molar-refractivity contribution < 1.29 is 0 Å². The molecular formula is C16H18N6O2. The first-order valence-corrected chi connectivity index (χ1v) is 7.40. The van der Waals surface area contributed by atoms with Crippen LogP contribution in [0.3, 0.4) is 0 Å². The number of fused-ring (bicyclic) bond motifs is 1. The van der Waals surface area contributed by atoms with Crippen LogP contribution in [0.25, 0.3) is 11.2 Å². The molecule has 0 saturated heterocycles. The van der Waals surface area contributed by atoms with Crippen molar-refractivity contribution in [3.63, 3.8) is 0 Å². The molecule has 0 unspecified atom stereocenters. The fraction of sp³-hybridized carbons (Fsp3) is 0.250. The summed E-state index contributed by atoms with van der Waals surface area (Å²) in [6.45, 7) is 1.87. The highest BCUT2D eigenvalue weighted by atomic mass is 16.2. The van der Waals surface area contributed by atoms with Crippen molar-refractivity contribution in [2.75, 3.05) is 5.43 Å². The van der Waals surface area contributed by atoms with Crippen LogP contribution in [0.1, 0.15) is 12.5 Å². The number of aryl methyl sites for hydroxylation is 2. The third-order valence-electron chi connectivity index (χ3n) is 3.99. The Bertz CT molecular complexity index is 1060. The SMILES string of the molecule is C/C(=N/Nc1nc2c(c(=O)n(C)c(=O)n2C)n1C)c1ccccc1. The van der Waals surface area contributed by atoms with Crippen LogP contribution in [0.15, 0.2) is 45.0 Å². The molecule has 0 amide bonds. The van der Waals surface area contributed by atoms with Crippen molar-refractivity contribution in [1.82, 2.24) is 18.7 Å². The smallest absolute Gasteiger partial charge is 0.306 e. The van der Waals surface area contributed by atoms with Crippen LogP contribution in [0.5, 0.6) is 0 Å². The van der Waals surface area contributed by atoms with Gasteiger partial charge in [0.25, 0.3) is 5.56 Å². The zero-order valence-electron chi connectivity index (χ0n) is 13.9. The fourth-order valence-electron chi connectivity index (χ4n) is 2.50. The Labute approximate surface area is 137 Å². The van der Waals surface area contributed by atoms with Gasteiger partial charge in [-0.25, -0.2) is 10.2 Å². The molecule has 0 atom stereocenters. The molecule has 3 aromatic rings. The lowest BCUT2D eigenvalue weighted by Crippen LogP contribution is -2.37. The van der Waals surface area contributed by atoms with E-state index in [0.717, 1.165) is 15.8 Å². The van der Waals surface area contributed by atoms with Crippen LogP contribution in [-0.4, -0.2) is 24.4 Å². The molecule has 0 radical (unpaired) electrons. The number of hydrazone groups is 1. The third-order valence-corrected chi connectivity index (χ3v) is 3.99. The zero-order valence-corrected chi connectivity index (χ0v) is 13.9. The van der Waals surface area contributed by atoms with Gasteiger partial charge < -0.3 is 4.57 Å². The highest BCUT2D eigenvalue weighted by Gasteiger charge is 2.16. The summed E-state index contributed by atoms with van der Waals surface area (Å²) in [6.07, 6.45) is 0. The molecule has 24 heavy (non-hydrogen) atoms. The number of anilines is 1. The molecular weight excluding hydrogens is 308 g/mol. The van der Waals surface area contributed by atoms with E-state index in [-0.39, 0.29) is 5.56 Å². The number of benzene rings is 1. The van der Waals surface area contributed by atoms with E-state index in [1.807, 2.05) is 37.3 Å². The minimum atomic E-state index is -0.416. The van der Waals surface area contributed by atoms with Crippen molar-refractivity contribution in [3.8, 4) is 0 Å². The number of imidazole rings is 1. The maximum Gasteiger partial charge on any atom is 0.332 e. The van der Waals surface area contributed by atoms with E-state index in [2.05, 4.69) is 15.5 Å². The number of rotatable bonds is 3. The molecule has 8 nitrogen and oxygen atoms in total. The van der Waals surface area contributed by atoms with Crippen LogP contribution in [0.4, 0.5) is 5.95 Å². The van der Waals surface area contributed by atoms with Gasteiger partial charge in [0.1, 0.15) is 0 Å². The van der Waals surface area contributed by atoms with Crippen LogP contribution < -0.4 is 16.7 Å². The largest absolute Gasteiger partial charge is 0.332 e. The third kappa shape index (κ3) is 2.41. The average molecular weight is 326 g/mol. The molecule has 0 bridgehead atoms. The molecule has 2 heterocycles. The quantitative estimate of drug-likeness (QED) is 0.570. The molecule has 0 aliphatic rings. The molecule has 1 N–H and O–H groups in total. The lowest BCUT2D eigenvalue weighted by molar-refractivity contribution is 0.705. The normalized spacial score (nSPS) is 11.9. The minimum Gasteiger partial charge on any atom is -0.306 e. The molecule has 0 aliphatic carbocycles. The van der Waals surface area contributed by atoms with Crippen LogP contribution in [0.2, 0.25) is 0 Å². The van der Waals surface area contributed by atoms with Gasteiger partial charge in [0.05, 0.1) is 5.71 Å². The van der Waals surface area contributed by atoms with E-state index >= 15 is 0 Å². The Balaban J connectivity index is 2.08. The lowest BCUT2D eigenvalue weighted by Gasteiger charge is -2.04. The number of nitrogens with zero attached hydrogens (tertiary/aromatic N) is 5. The summed E-state index contributed by atoms with van der Waals surface area (Å²) in [6, 6.07) is 9.71. The number of nitrogens with one attached hydrogen (secondary N) is 1. The molecule has 0 aliphatic heterocycles. The van der Waals surface area contributed by atoms with E-state index in [1.54, 1.807) is 18.7 Å². The van der Waals surface area contributed by atoms with Crippen LogP contribution in [0, 0.1) is 0 Å². The lowest BCUT2D eigenvalue weighted by atomic mass is 10.1. The van der Waals surface area contributed by atoms with Gasteiger partial charge >= 0.3 is 5.69 Å². The van der Waals surface area contributed by atoms with Gasteiger partial charge in [-0.3, -0.25) is 13.9 Å². The van der Waals surface area contributed by atoms with E-state index in [4.69, 9.17) is 0 Å². The Hall–Kier alpha value is -3.16. The first-order valence-electron chi connectivity index (χ1n) is 7.40. The van der Waals surface area contributed by atoms with Gasteiger partial charge in [-0.15, -0.1) is 0 Å². The molecule has 0 spiro atoms. The number of hydrogen-bond donors (Lipinski definition) is 1. The molecule has 0 saturated carbocycles. The molecule has 2 aromatic heterocycles. The summed E-state index contributed by atoms with van der Waals surface area (Å²) < 4.78 is 4.00. The minimum absolute atomic E-state index is 0.320. The highest BCUT2D eigenvalue weighted by Crippen LogP contribution is 2.13. The Morgan fingerprint density at radius 1 is 1.04 bits per heavy atom. The van der Waals surface area contributed by atoms with Crippen LogP contribution >= 0.6 is 0 Å². The van der Waals surface area contributed by atoms with E-state index in [9.17, 15) is 9.59 Å². The summed E-state index contributed by atoms with van der Waals surface area (Å²) >= 11 is 0. The van der Waals surface area contributed by atoms with Crippen molar-refractivity contribution in [2.45, 2.75) is 6.92 Å². The van der Waals surface area contributed by atoms with E-state index < -0.39 is 5.69 Å². The Morgan fingerprint density at radius 2 is 1.71 bits per heavy atom. The first-order chi connectivity index (χ1) is 11.4. The van der Waals surface area contributed by atoms with Crippen molar-refractivity contribution in [1.29, 1.82) is 0 Å². The van der Waals surface area contributed by atoms with E-state index in [0.29, 0.717) is 17.1 Å². The summed E-state index contributed by atoms with van der Waals surface area (Å²) in [5.74, 6) is 0.388. The van der Waals surface area contributed by atoms with E-state index in [1.165, 1.54) is 11.6 Å². The van der Waals surface area contributed by atoms with Gasteiger partial charge in [-0.2, -0.15) is 10.1 Å². The van der Waals surface area contributed by atoms with Gasteiger partial charge in [-0.05, 0) is 12.5 Å².